The first-order valence-electron chi connectivity index (χ1n) is 8.94. The van der Waals surface area contributed by atoms with Gasteiger partial charge in [0, 0.05) is 24.0 Å². The molecule has 2 aromatic carbocycles. The summed E-state index contributed by atoms with van der Waals surface area (Å²) in [6, 6.07) is 17.2. The zero-order chi connectivity index (χ0) is 19.9. The van der Waals surface area contributed by atoms with Crippen molar-refractivity contribution >= 4 is 11.6 Å². The monoisotopic (exact) mass is 376 g/mol. The Labute approximate surface area is 165 Å². The van der Waals surface area contributed by atoms with Crippen molar-refractivity contribution in [3.8, 4) is 17.4 Å². The molecule has 0 aliphatic heterocycles. The number of benzene rings is 2. The van der Waals surface area contributed by atoms with Crippen molar-refractivity contribution in [1.82, 2.24) is 4.98 Å². The summed E-state index contributed by atoms with van der Waals surface area (Å²) in [7, 11) is 1.62. The Hall–Kier alpha value is -3.54. The second-order valence-corrected chi connectivity index (χ2v) is 6.41. The van der Waals surface area contributed by atoms with E-state index in [9.17, 15) is 0 Å². The van der Waals surface area contributed by atoms with Crippen LogP contribution >= 0.6 is 0 Å². The maximum atomic E-state index is 5.99. The van der Waals surface area contributed by atoms with Gasteiger partial charge in [0.15, 0.2) is 5.96 Å². The van der Waals surface area contributed by atoms with Crippen LogP contribution in [0.3, 0.4) is 0 Å². The number of nitrogens with zero attached hydrogens (tertiary/aromatic N) is 2. The molecule has 0 amide bonds. The number of hydrogen-bond donors (Lipinski definition) is 2. The molecule has 3 rings (SSSR count). The van der Waals surface area contributed by atoms with E-state index in [1.54, 1.807) is 13.3 Å². The fourth-order valence-electron chi connectivity index (χ4n) is 2.57. The van der Waals surface area contributed by atoms with E-state index in [1.165, 1.54) is 11.1 Å². The predicted molar refractivity (Wildman–Crippen MR) is 112 cm³/mol. The number of anilines is 1. The molecule has 1 heterocycles. The van der Waals surface area contributed by atoms with Crippen LogP contribution in [0.15, 0.2) is 65.8 Å². The van der Waals surface area contributed by atoms with Crippen molar-refractivity contribution < 1.29 is 9.47 Å². The summed E-state index contributed by atoms with van der Waals surface area (Å²) in [5.41, 5.74) is 10.2. The van der Waals surface area contributed by atoms with Crippen molar-refractivity contribution in [2.45, 2.75) is 20.4 Å². The first-order chi connectivity index (χ1) is 13.5. The lowest BCUT2D eigenvalue weighted by molar-refractivity contribution is 0.415. The first kappa shape index (κ1) is 19.2. The highest BCUT2D eigenvalue weighted by Crippen LogP contribution is 2.23. The van der Waals surface area contributed by atoms with Gasteiger partial charge in [-0.15, -0.1) is 0 Å². The SMILES string of the molecule is COc1cccc(NC(N)=NCc2ccnc(Oc3ccc(C)c(C)c3)c2)c1. The molecule has 0 aliphatic rings. The quantitative estimate of drug-likeness (QED) is 0.491. The molecule has 0 spiro atoms. The molecule has 3 aromatic rings. The van der Waals surface area contributed by atoms with Gasteiger partial charge in [-0.05, 0) is 60.9 Å². The molecule has 0 saturated carbocycles. The highest BCUT2D eigenvalue weighted by molar-refractivity contribution is 5.92. The average Bonchev–Trinajstić information content (AvgIpc) is 2.70. The van der Waals surface area contributed by atoms with Crippen LogP contribution in [0, 0.1) is 13.8 Å². The molecular weight excluding hydrogens is 352 g/mol. The molecule has 1 aromatic heterocycles. The van der Waals surface area contributed by atoms with E-state index in [-0.39, 0.29) is 0 Å². The molecule has 144 valence electrons. The van der Waals surface area contributed by atoms with Gasteiger partial charge in [-0.3, -0.25) is 0 Å². The highest BCUT2D eigenvalue weighted by atomic mass is 16.5. The average molecular weight is 376 g/mol. The van der Waals surface area contributed by atoms with Crippen LogP contribution in [0.4, 0.5) is 5.69 Å². The van der Waals surface area contributed by atoms with E-state index in [0.717, 1.165) is 22.7 Å². The fraction of sp³-hybridized carbons (Fsp3) is 0.182. The lowest BCUT2D eigenvalue weighted by Crippen LogP contribution is -2.22. The number of aryl methyl sites for hydroxylation is 2. The fourth-order valence-corrected chi connectivity index (χ4v) is 2.57. The zero-order valence-corrected chi connectivity index (χ0v) is 16.3. The van der Waals surface area contributed by atoms with Crippen LogP contribution < -0.4 is 20.5 Å². The Morgan fingerprint density at radius 2 is 1.89 bits per heavy atom. The summed E-state index contributed by atoms with van der Waals surface area (Å²) in [6.45, 7) is 4.54. The van der Waals surface area contributed by atoms with Crippen LogP contribution in [0.25, 0.3) is 0 Å². The topological polar surface area (TPSA) is 81.8 Å². The maximum absolute atomic E-state index is 5.99. The van der Waals surface area contributed by atoms with Crippen LogP contribution in [-0.2, 0) is 6.54 Å². The van der Waals surface area contributed by atoms with Gasteiger partial charge < -0.3 is 20.5 Å². The Kier molecular flexibility index (Phi) is 6.11. The van der Waals surface area contributed by atoms with Gasteiger partial charge in [-0.2, -0.15) is 0 Å². The summed E-state index contributed by atoms with van der Waals surface area (Å²) in [4.78, 5) is 8.65. The zero-order valence-electron chi connectivity index (χ0n) is 16.3. The van der Waals surface area contributed by atoms with Gasteiger partial charge >= 0.3 is 0 Å². The number of ether oxygens (including phenoxy) is 2. The third kappa shape index (κ3) is 5.23. The smallest absolute Gasteiger partial charge is 0.219 e. The van der Waals surface area contributed by atoms with E-state index in [4.69, 9.17) is 15.2 Å². The maximum Gasteiger partial charge on any atom is 0.219 e. The van der Waals surface area contributed by atoms with Gasteiger partial charge in [0.05, 0.1) is 13.7 Å². The second-order valence-electron chi connectivity index (χ2n) is 6.41. The summed E-state index contributed by atoms with van der Waals surface area (Å²) in [5, 5.41) is 3.05. The number of nitrogens with one attached hydrogen (secondary N) is 1. The van der Waals surface area contributed by atoms with Crippen molar-refractivity contribution in [1.29, 1.82) is 0 Å². The van der Waals surface area contributed by atoms with Gasteiger partial charge in [-0.1, -0.05) is 12.1 Å². The molecule has 0 bridgehead atoms. The van der Waals surface area contributed by atoms with Crippen molar-refractivity contribution in [2.24, 2.45) is 10.7 Å². The summed E-state index contributed by atoms with van der Waals surface area (Å²) < 4.78 is 11.1. The lowest BCUT2D eigenvalue weighted by atomic mass is 10.1. The number of hydrogen-bond acceptors (Lipinski definition) is 4. The molecule has 0 aliphatic carbocycles. The van der Waals surface area contributed by atoms with E-state index >= 15 is 0 Å². The highest BCUT2D eigenvalue weighted by Gasteiger charge is 2.03. The van der Waals surface area contributed by atoms with Crippen LogP contribution in [0.2, 0.25) is 0 Å². The standard InChI is InChI=1S/C22H24N4O2/c1-15-7-8-20(11-16(15)2)28-21-12-17(9-10-24-21)14-25-22(23)26-18-5-4-6-19(13-18)27-3/h4-13H,14H2,1-3H3,(H3,23,25,26). The molecule has 0 saturated heterocycles. The predicted octanol–water partition coefficient (Wildman–Crippen LogP) is 4.43. The summed E-state index contributed by atoms with van der Waals surface area (Å²) in [5.74, 6) is 2.35. The number of guanidine groups is 1. The Bertz CT molecular complexity index is 986. The third-order valence-corrected chi connectivity index (χ3v) is 4.27. The lowest BCUT2D eigenvalue weighted by Gasteiger charge is -2.09. The van der Waals surface area contributed by atoms with Crippen LogP contribution in [0.5, 0.6) is 17.4 Å². The summed E-state index contributed by atoms with van der Waals surface area (Å²) in [6.07, 6.45) is 1.70. The molecule has 0 unspecified atom stereocenters. The van der Waals surface area contributed by atoms with Gasteiger partial charge in [0.1, 0.15) is 11.5 Å². The molecule has 6 nitrogen and oxygen atoms in total. The number of methoxy groups -OCH3 is 1. The van der Waals surface area contributed by atoms with E-state index in [0.29, 0.717) is 18.4 Å². The largest absolute Gasteiger partial charge is 0.497 e. The third-order valence-electron chi connectivity index (χ3n) is 4.27. The number of aliphatic imine (C=N–C) groups is 1. The van der Waals surface area contributed by atoms with Crippen molar-refractivity contribution in [2.75, 3.05) is 12.4 Å². The van der Waals surface area contributed by atoms with Crippen molar-refractivity contribution in [3.63, 3.8) is 0 Å². The minimum Gasteiger partial charge on any atom is -0.497 e. The molecule has 6 heteroatoms. The van der Waals surface area contributed by atoms with Crippen LogP contribution in [0.1, 0.15) is 16.7 Å². The first-order valence-corrected chi connectivity index (χ1v) is 8.94. The summed E-state index contributed by atoms with van der Waals surface area (Å²) >= 11 is 0. The molecule has 0 atom stereocenters. The van der Waals surface area contributed by atoms with Gasteiger partial charge in [-0.25, -0.2) is 9.98 Å². The molecular formula is C22H24N4O2. The van der Waals surface area contributed by atoms with E-state index in [1.807, 2.05) is 54.6 Å². The minimum absolute atomic E-state index is 0.321. The Morgan fingerprint density at radius 1 is 1.04 bits per heavy atom. The van der Waals surface area contributed by atoms with E-state index in [2.05, 4.69) is 29.1 Å². The van der Waals surface area contributed by atoms with E-state index < -0.39 is 0 Å². The normalized spacial score (nSPS) is 11.2. The number of aromatic nitrogens is 1. The minimum atomic E-state index is 0.321. The number of nitrogens with two attached hydrogens (primary N) is 1. The second kappa shape index (κ2) is 8.90. The number of pyridine rings is 1. The van der Waals surface area contributed by atoms with Crippen LogP contribution in [-0.4, -0.2) is 18.1 Å². The molecule has 3 N–H and O–H groups in total. The number of rotatable bonds is 6. The molecule has 28 heavy (non-hydrogen) atoms. The van der Waals surface area contributed by atoms with Gasteiger partial charge in [0.2, 0.25) is 5.88 Å². The van der Waals surface area contributed by atoms with Crippen molar-refractivity contribution in [3.05, 3.63) is 77.5 Å². The Morgan fingerprint density at radius 3 is 2.68 bits per heavy atom. The molecule has 0 fully saturated rings. The van der Waals surface area contributed by atoms with Gasteiger partial charge in [0.25, 0.3) is 0 Å². The molecule has 0 radical (unpaired) electrons. The Balaban J connectivity index is 1.64.